The largest absolute Gasteiger partial charge is 0.462 e. The Labute approximate surface area is 155 Å². The van der Waals surface area contributed by atoms with Crippen molar-refractivity contribution in [2.75, 3.05) is 23.0 Å². The van der Waals surface area contributed by atoms with Gasteiger partial charge in [0.15, 0.2) is 0 Å². The van der Waals surface area contributed by atoms with E-state index in [0.29, 0.717) is 34.9 Å². The zero-order chi connectivity index (χ0) is 18.5. The number of thioether (sulfide) groups is 1. The van der Waals surface area contributed by atoms with Gasteiger partial charge in [-0.2, -0.15) is 0 Å². The molecule has 3 rings (SSSR count). The molecule has 0 bridgehead atoms. The van der Waals surface area contributed by atoms with Crippen molar-refractivity contribution in [1.29, 1.82) is 0 Å². The molecular formula is C19H18N2O4S. The molecule has 1 aliphatic rings. The second-order valence-corrected chi connectivity index (χ2v) is 6.73. The van der Waals surface area contributed by atoms with E-state index in [1.54, 1.807) is 36.4 Å². The van der Waals surface area contributed by atoms with Crippen molar-refractivity contribution in [3.8, 4) is 0 Å². The summed E-state index contributed by atoms with van der Waals surface area (Å²) >= 11 is 1.44. The van der Waals surface area contributed by atoms with Gasteiger partial charge >= 0.3 is 5.97 Å². The van der Waals surface area contributed by atoms with Crippen LogP contribution in [-0.4, -0.2) is 30.1 Å². The molecule has 1 heterocycles. The van der Waals surface area contributed by atoms with Crippen LogP contribution < -0.4 is 10.6 Å². The number of fused-ring (bicyclic) bond motifs is 1. The van der Waals surface area contributed by atoms with Gasteiger partial charge in [-0.15, -0.1) is 11.8 Å². The lowest BCUT2D eigenvalue weighted by Gasteiger charge is -2.17. The van der Waals surface area contributed by atoms with Crippen LogP contribution in [0.25, 0.3) is 0 Å². The molecule has 2 aromatic carbocycles. The first-order valence-corrected chi connectivity index (χ1v) is 9.20. The number of hydrogen-bond donors (Lipinski definition) is 2. The Kier molecular flexibility index (Phi) is 5.58. The molecule has 0 spiro atoms. The van der Waals surface area contributed by atoms with Gasteiger partial charge in [0.25, 0.3) is 5.91 Å². The summed E-state index contributed by atoms with van der Waals surface area (Å²) in [5.74, 6) is -0.372. The molecular weight excluding hydrogens is 352 g/mol. The molecule has 0 unspecified atom stereocenters. The Bertz CT molecular complexity index is 849. The molecule has 7 heteroatoms. The minimum atomic E-state index is -0.382. The average molecular weight is 370 g/mol. The van der Waals surface area contributed by atoms with Crippen molar-refractivity contribution in [2.45, 2.75) is 18.2 Å². The lowest BCUT2D eigenvalue weighted by molar-refractivity contribution is -0.113. The van der Waals surface area contributed by atoms with Crippen LogP contribution in [0.1, 0.15) is 34.1 Å². The third-order valence-corrected chi connectivity index (χ3v) is 4.76. The summed E-state index contributed by atoms with van der Waals surface area (Å²) in [5, 5.41) is 5.54. The quantitative estimate of drug-likeness (QED) is 0.787. The number of esters is 1. The Balaban J connectivity index is 1.67. The molecule has 26 heavy (non-hydrogen) atoms. The molecule has 2 amide bonds. The molecule has 0 saturated carbocycles. The number of amides is 2. The molecule has 134 valence electrons. The summed E-state index contributed by atoms with van der Waals surface area (Å²) in [4.78, 5) is 36.6. The molecule has 2 N–H and O–H groups in total. The number of benzene rings is 2. The molecule has 0 saturated heterocycles. The van der Waals surface area contributed by atoms with Crippen LogP contribution in [0.5, 0.6) is 0 Å². The normalized spacial score (nSPS) is 12.7. The Morgan fingerprint density at radius 1 is 1.15 bits per heavy atom. The summed E-state index contributed by atoms with van der Waals surface area (Å²) in [6.07, 6.45) is 0.764. The van der Waals surface area contributed by atoms with Crippen molar-refractivity contribution < 1.29 is 19.1 Å². The topological polar surface area (TPSA) is 84.5 Å². The van der Waals surface area contributed by atoms with E-state index in [4.69, 9.17) is 4.74 Å². The maximum absolute atomic E-state index is 12.4. The van der Waals surface area contributed by atoms with Crippen LogP contribution in [0.2, 0.25) is 0 Å². The van der Waals surface area contributed by atoms with Gasteiger partial charge in [-0.05, 0) is 48.9 Å². The van der Waals surface area contributed by atoms with Crippen molar-refractivity contribution in [2.24, 2.45) is 0 Å². The van der Waals surface area contributed by atoms with E-state index >= 15 is 0 Å². The van der Waals surface area contributed by atoms with Gasteiger partial charge in [0.1, 0.15) is 0 Å². The van der Waals surface area contributed by atoms with Crippen molar-refractivity contribution >= 4 is 40.9 Å². The third-order valence-electron chi connectivity index (χ3n) is 3.69. The summed E-state index contributed by atoms with van der Waals surface area (Å²) in [6.45, 7) is 2.31. The van der Waals surface area contributed by atoms with Crippen LogP contribution in [0.4, 0.5) is 11.4 Å². The fraction of sp³-hybridized carbons (Fsp3) is 0.211. The molecule has 2 aromatic rings. The molecule has 0 aromatic heterocycles. The summed E-state index contributed by atoms with van der Waals surface area (Å²) in [6, 6.07) is 11.7. The molecule has 0 radical (unpaired) electrons. The van der Waals surface area contributed by atoms with Crippen LogP contribution >= 0.6 is 11.8 Å². The zero-order valence-electron chi connectivity index (χ0n) is 14.2. The Morgan fingerprint density at radius 2 is 1.88 bits per heavy atom. The van der Waals surface area contributed by atoms with Gasteiger partial charge in [0.05, 0.1) is 23.6 Å². The first-order valence-electron chi connectivity index (χ1n) is 8.22. The minimum Gasteiger partial charge on any atom is -0.462 e. The molecule has 0 atom stereocenters. The van der Waals surface area contributed by atoms with Crippen molar-refractivity contribution in [3.63, 3.8) is 0 Å². The van der Waals surface area contributed by atoms with Crippen molar-refractivity contribution in [1.82, 2.24) is 0 Å². The van der Waals surface area contributed by atoms with E-state index < -0.39 is 0 Å². The second-order valence-electron chi connectivity index (χ2n) is 5.72. The molecule has 0 fully saturated rings. The molecule has 1 aliphatic heterocycles. The highest BCUT2D eigenvalue weighted by atomic mass is 32.2. The highest BCUT2D eigenvalue weighted by Gasteiger charge is 2.17. The standard InChI is InChI=1S/C19H18N2O4S/c1-2-9-25-19(24)12-3-6-14(7-4-12)20-18(23)13-5-8-16-15(10-13)21-17(22)11-26-16/h3-8,10H,2,9,11H2,1H3,(H,20,23)(H,21,22). The number of rotatable bonds is 5. The predicted octanol–water partition coefficient (Wildman–Crippen LogP) is 3.55. The molecule has 0 aliphatic carbocycles. The van der Waals surface area contributed by atoms with Gasteiger partial charge in [-0.25, -0.2) is 4.79 Å². The number of ether oxygens (including phenoxy) is 1. The SMILES string of the molecule is CCCOC(=O)c1ccc(NC(=O)c2ccc3c(c2)NC(=O)CS3)cc1. The zero-order valence-corrected chi connectivity index (χ0v) is 15.0. The smallest absolute Gasteiger partial charge is 0.338 e. The number of nitrogens with one attached hydrogen (secondary N) is 2. The minimum absolute atomic E-state index is 0.0781. The number of hydrogen-bond acceptors (Lipinski definition) is 5. The Morgan fingerprint density at radius 3 is 2.62 bits per heavy atom. The number of anilines is 2. The summed E-state index contributed by atoms with van der Waals surface area (Å²) < 4.78 is 5.07. The predicted molar refractivity (Wildman–Crippen MR) is 101 cm³/mol. The number of carbonyl (C=O) groups is 3. The van der Waals surface area contributed by atoms with Gasteiger partial charge in [0.2, 0.25) is 5.91 Å². The van der Waals surface area contributed by atoms with Crippen LogP contribution in [-0.2, 0) is 9.53 Å². The van der Waals surface area contributed by atoms with Gasteiger partial charge < -0.3 is 15.4 Å². The third kappa shape index (κ3) is 4.23. The molecule has 6 nitrogen and oxygen atoms in total. The summed E-state index contributed by atoms with van der Waals surface area (Å²) in [5.41, 5.74) is 2.09. The maximum Gasteiger partial charge on any atom is 0.338 e. The van der Waals surface area contributed by atoms with Gasteiger partial charge in [0, 0.05) is 16.1 Å². The monoisotopic (exact) mass is 370 g/mol. The summed E-state index contributed by atoms with van der Waals surface area (Å²) in [7, 11) is 0. The van der Waals surface area contributed by atoms with Crippen molar-refractivity contribution in [3.05, 3.63) is 53.6 Å². The first-order chi connectivity index (χ1) is 12.6. The van der Waals surface area contributed by atoms with E-state index in [2.05, 4.69) is 10.6 Å². The van der Waals surface area contributed by atoms with Crippen LogP contribution in [0.3, 0.4) is 0 Å². The highest BCUT2D eigenvalue weighted by Crippen LogP contribution is 2.32. The van der Waals surface area contributed by atoms with E-state index in [1.807, 2.05) is 13.0 Å². The fourth-order valence-corrected chi connectivity index (χ4v) is 3.18. The second kappa shape index (κ2) is 8.05. The highest BCUT2D eigenvalue weighted by molar-refractivity contribution is 8.00. The first kappa shape index (κ1) is 18.0. The van der Waals surface area contributed by atoms with E-state index in [1.165, 1.54) is 11.8 Å². The van der Waals surface area contributed by atoms with E-state index in [0.717, 1.165) is 11.3 Å². The maximum atomic E-state index is 12.4. The fourth-order valence-electron chi connectivity index (χ4n) is 2.40. The van der Waals surface area contributed by atoms with E-state index in [9.17, 15) is 14.4 Å². The lowest BCUT2D eigenvalue weighted by atomic mass is 10.1. The van der Waals surface area contributed by atoms with E-state index in [-0.39, 0.29) is 17.8 Å². The van der Waals surface area contributed by atoms with Crippen LogP contribution in [0, 0.1) is 0 Å². The van der Waals surface area contributed by atoms with Crippen LogP contribution in [0.15, 0.2) is 47.4 Å². The average Bonchev–Trinajstić information content (AvgIpc) is 2.66. The lowest BCUT2D eigenvalue weighted by Crippen LogP contribution is -2.19. The Hall–Kier alpha value is -2.80. The van der Waals surface area contributed by atoms with Gasteiger partial charge in [-0.3, -0.25) is 9.59 Å². The van der Waals surface area contributed by atoms with Gasteiger partial charge in [-0.1, -0.05) is 6.92 Å². The number of carbonyl (C=O) groups excluding carboxylic acids is 3.